The number of fused-ring (bicyclic) bond motifs is 5. The van der Waals surface area contributed by atoms with Crippen LogP contribution >= 0.6 is 15.9 Å². The van der Waals surface area contributed by atoms with Gasteiger partial charge in [0.05, 0.1) is 11.8 Å². The topological polar surface area (TPSA) is 92.8 Å². The van der Waals surface area contributed by atoms with E-state index >= 15 is 0 Å². The molecule has 1 saturated carbocycles. The van der Waals surface area contributed by atoms with Gasteiger partial charge < -0.3 is 10.1 Å². The molecule has 1 aromatic rings. The van der Waals surface area contributed by atoms with Gasteiger partial charge in [-0.25, -0.2) is 4.79 Å². The van der Waals surface area contributed by atoms with E-state index in [0.717, 1.165) is 15.8 Å². The molecule has 0 radical (unpaired) electrons. The van der Waals surface area contributed by atoms with E-state index in [1.807, 2.05) is 12.2 Å². The van der Waals surface area contributed by atoms with E-state index in [4.69, 9.17) is 4.74 Å². The Hall–Kier alpha value is -2.48. The highest BCUT2D eigenvalue weighted by molar-refractivity contribution is 9.10. The summed E-state index contributed by atoms with van der Waals surface area (Å²) < 4.78 is 6.08. The molecule has 1 aromatic carbocycles. The Balaban J connectivity index is 1.41. The second-order valence-corrected chi connectivity index (χ2v) is 9.31. The number of nitrogens with one attached hydrogen (secondary N) is 1. The Bertz CT molecular complexity index is 896. The first-order valence-electron chi connectivity index (χ1n) is 10.0. The number of amides is 3. The number of allylic oxidation sites excluding steroid dienone is 2. The highest BCUT2D eigenvalue weighted by Gasteiger charge is 2.61. The van der Waals surface area contributed by atoms with Crippen molar-refractivity contribution >= 4 is 45.3 Å². The molecule has 1 N–H and O–H groups in total. The summed E-state index contributed by atoms with van der Waals surface area (Å²) >= 11 is 3.32. The lowest BCUT2D eigenvalue weighted by atomic mass is 9.85. The number of likely N-dealkylation sites (tertiary alicyclic amines) is 1. The summed E-state index contributed by atoms with van der Waals surface area (Å²) in [6.45, 7) is 3.03. The van der Waals surface area contributed by atoms with Crippen molar-refractivity contribution in [2.45, 2.75) is 26.3 Å². The van der Waals surface area contributed by atoms with Crippen LogP contribution < -0.4 is 5.32 Å². The predicted octanol–water partition coefficient (Wildman–Crippen LogP) is 2.76. The summed E-state index contributed by atoms with van der Waals surface area (Å²) in [6.07, 6.45) is 4.85. The van der Waals surface area contributed by atoms with Crippen LogP contribution in [0.25, 0.3) is 0 Å². The van der Waals surface area contributed by atoms with Crippen molar-refractivity contribution in [1.82, 2.24) is 4.90 Å². The van der Waals surface area contributed by atoms with Gasteiger partial charge in [-0.05, 0) is 48.4 Å². The van der Waals surface area contributed by atoms with Crippen molar-refractivity contribution in [2.24, 2.45) is 29.6 Å². The minimum Gasteiger partial charge on any atom is -0.454 e. The quantitative estimate of drug-likeness (QED) is 0.388. The third-order valence-corrected chi connectivity index (χ3v) is 6.66. The molecule has 3 aliphatic rings. The van der Waals surface area contributed by atoms with Crippen LogP contribution in [0.4, 0.5) is 5.69 Å². The molecule has 2 fully saturated rings. The van der Waals surface area contributed by atoms with Gasteiger partial charge in [0.25, 0.3) is 5.91 Å². The first-order valence-corrected chi connectivity index (χ1v) is 10.8. The summed E-state index contributed by atoms with van der Waals surface area (Å²) in [6, 6.07) is 5.95. The van der Waals surface area contributed by atoms with E-state index in [-0.39, 0.29) is 41.4 Å². The maximum Gasteiger partial charge on any atom is 0.330 e. The Kier molecular flexibility index (Phi) is 5.53. The van der Waals surface area contributed by atoms with E-state index in [1.54, 1.807) is 38.1 Å². The number of rotatable bonds is 6. The van der Waals surface area contributed by atoms with Crippen LogP contribution in [0.15, 0.2) is 40.9 Å². The largest absolute Gasteiger partial charge is 0.454 e. The third-order valence-electron chi connectivity index (χ3n) is 6.13. The molecule has 1 aliphatic heterocycles. The lowest BCUT2D eigenvalue weighted by Gasteiger charge is -2.28. The third kappa shape index (κ3) is 3.57. The van der Waals surface area contributed by atoms with E-state index < -0.39 is 24.5 Å². The Morgan fingerprint density at radius 2 is 1.67 bits per heavy atom. The molecule has 1 saturated heterocycles. The Labute approximate surface area is 183 Å². The highest BCUT2D eigenvalue weighted by Crippen LogP contribution is 2.53. The fourth-order valence-corrected chi connectivity index (χ4v) is 5.09. The molecule has 8 heteroatoms. The van der Waals surface area contributed by atoms with Gasteiger partial charge in [0.15, 0.2) is 6.61 Å². The molecule has 158 valence electrons. The van der Waals surface area contributed by atoms with E-state index in [1.165, 1.54) is 0 Å². The van der Waals surface area contributed by atoms with Gasteiger partial charge in [0.1, 0.15) is 6.04 Å². The van der Waals surface area contributed by atoms with Gasteiger partial charge in [0.2, 0.25) is 11.8 Å². The van der Waals surface area contributed by atoms with E-state index in [2.05, 4.69) is 21.2 Å². The summed E-state index contributed by atoms with van der Waals surface area (Å²) in [4.78, 5) is 52.1. The monoisotopic (exact) mass is 474 g/mol. The molecular formula is C22H23BrN2O5. The second-order valence-electron chi connectivity index (χ2n) is 8.40. The zero-order chi connectivity index (χ0) is 21.6. The highest BCUT2D eigenvalue weighted by atomic mass is 79.9. The fraction of sp³-hybridized carbons (Fsp3) is 0.455. The number of nitrogens with zero attached hydrogens (tertiary/aromatic N) is 1. The molecule has 30 heavy (non-hydrogen) atoms. The molecule has 2 aliphatic carbocycles. The normalized spacial score (nSPS) is 27.5. The fourth-order valence-electron chi connectivity index (χ4n) is 4.83. The molecule has 2 bridgehead atoms. The maximum absolute atomic E-state index is 13.0. The minimum atomic E-state index is -1.03. The van der Waals surface area contributed by atoms with Crippen molar-refractivity contribution in [1.29, 1.82) is 0 Å². The lowest BCUT2D eigenvalue weighted by Crippen LogP contribution is -2.50. The van der Waals surface area contributed by atoms with Gasteiger partial charge >= 0.3 is 5.97 Å². The molecular weight excluding hydrogens is 452 g/mol. The smallest absolute Gasteiger partial charge is 0.330 e. The number of imide groups is 1. The van der Waals surface area contributed by atoms with Gasteiger partial charge in [0, 0.05) is 10.2 Å². The lowest BCUT2D eigenvalue weighted by molar-refractivity contribution is -0.162. The molecule has 4 rings (SSSR count). The standard InChI is InChI=1S/C22H23BrN2O5/c1-11(2)19(22(29)30-10-16(26)24-15-7-5-14(23)6-8-15)25-20(27)17-12-3-4-13(9-12)18(17)21(25)28/h3-8,11-13,17-19H,9-10H2,1-2H3,(H,24,26)/t12-,13-,17+,18+,19+/m0/s1. The molecule has 1 heterocycles. The SMILES string of the molecule is CC(C)[C@H](C(=O)OCC(=O)Nc1ccc(Br)cc1)N1C(=O)[C@H]2[C@H](C1=O)[C@H]1C=C[C@H]2C1. The molecule has 0 aromatic heterocycles. The van der Waals surface area contributed by atoms with Crippen molar-refractivity contribution in [2.75, 3.05) is 11.9 Å². The molecule has 5 atom stereocenters. The average molecular weight is 475 g/mol. The summed E-state index contributed by atoms with van der Waals surface area (Å²) in [7, 11) is 0. The first-order chi connectivity index (χ1) is 14.3. The zero-order valence-electron chi connectivity index (χ0n) is 16.7. The Morgan fingerprint density at radius 3 is 2.20 bits per heavy atom. The first kappa shape index (κ1) is 20.8. The number of ether oxygens (including phenoxy) is 1. The van der Waals surface area contributed by atoms with Crippen LogP contribution in [-0.4, -0.2) is 41.2 Å². The minimum absolute atomic E-state index is 0.0713. The van der Waals surface area contributed by atoms with Crippen molar-refractivity contribution in [3.63, 3.8) is 0 Å². The maximum atomic E-state index is 13.0. The predicted molar refractivity (Wildman–Crippen MR) is 112 cm³/mol. The Morgan fingerprint density at radius 1 is 1.10 bits per heavy atom. The van der Waals surface area contributed by atoms with Crippen molar-refractivity contribution in [3.8, 4) is 0 Å². The second kappa shape index (κ2) is 7.98. The van der Waals surface area contributed by atoms with E-state index in [9.17, 15) is 19.2 Å². The average Bonchev–Trinajstić information content (AvgIpc) is 3.38. The number of halogens is 1. The van der Waals surface area contributed by atoms with Gasteiger partial charge in [-0.3, -0.25) is 19.3 Å². The van der Waals surface area contributed by atoms with Crippen LogP contribution in [0.5, 0.6) is 0 Å². The van der Waals surface area contributed by atoms with Crippen LogP contribution in [0.3, 0.4) is 0 Å². The molecule has 0 unspecified atom stereocenters. The molecule has 3 amide bonds. The van der Waals surface area contributed by atoms with Gasteiger partial charge in [-0.2, -0.15) is 0 Å². The number of hydrogen-bond acceptors (Lipinski definition) is 5. The van der Waals surface area contributed by atoms with Crippen LogP contribution in [0, 0.1) is 29.6 Å². The molecule has 7 nitrogen and oxygen atoms in total. The number of hydrogen-bond donors (Lipinski definition) is 1. The van der Waals surface area contributed by atoms with Gasteiger partial charge in [-0.15, -0.1) is 0 Å². The van der Waals surface area contributed by atoms with Crippen LogP contribution in [0.2, 0.25) is 0 Å². The van der Waals surface area contributed by atoms with E-state index in [0.29, 0.717) is 5.69 Å². The van der Waals surface area contributed by atoms with Crippen molar-refractivity contribution < 1.29 is 23.9 Å². The van der Waals surface area contributed by atoms with Crippen LogP contribution in [0.1, 0.15) is 20.3 Å². The number of carbonyl (C=O) groups excluding carboxylic acids is 4. The number of carbonyl (C=O) groups is 4. The summed E-state index contributed by atoms with van der Waals surface area (Å²) in [5, 5.41) is 2.64. The summed E-state index contributed by atoms with van der Waals surface area (Å²) in [5.74, 6) is -2.75. The van der Waals surface area contributed by atoms with Crippen molar-refractivity contribution in [3.05, 3.63) is 40.9 Å². The number of anilines is 1. The number of esters is 1. The zero-order valence-corrected chi connectivity index (χ0v) is 18.3. The summed E-state index contributed by atoms with van der Waals surface area (Å²) in [5.41, 5.74) is 0.570. The molecule has 0 spiro atoms. The number of benzene rings is 1. The van der Waals surface area contributed by atoms with Crippen LogP contribution in [-0.2, 0) is 23.9 Å². The van der Waals surface area contributed by atoms with Gasteiger partial charge in [-0.1, -0.05) is 41.9 Å².